The SMILES string of the molecule is O=C(NC1CC(=O)N(Cc2ccccc2-c2ccc(C3OC(CN4CCCCC4)CC(c4ccc(CO)cc4)O3)cc2)C1=O)OCc1ccccc1. The van der Waals surface area contributed by atoms with Crippen molar-refractivity contribution >= 4 is 17.9 Å². The lowest BCUT2D eigenvalue weighted by atomic mass is 9.97. The van der Waals surface area contributed by atoms with Crippen LogP contribution in [0.15, 0.2) is 103 Å². The van der Waals surface area contributed by atoms with Crippen molar-refractivity contribution in [2.24, 2.45) is 0 Å². The molecule has 4 aromatic carbocycles. The van der Waals surface area contributed by atoms with Crippen molar-refractivity contribution in [1.82, 2.24) is 15.1 Å². The third-order valence-electron chi connectivity index (χ3n) is 10.1. The Hall–Kier alpha value is -4.87. The van der Waals surface area contributed by atoms with Crippen LogP contribution in [0, 0.1) is 0 Å². The molecule has 10 nitrogen and oxygen atoms in total. The number of rotatable bonds is 11. The first-order valence-electron chi connectivity index (χ1n) is 18.2. The topological polar surface area (TPSA) is 118 Å². The Kier molecular flexibility index (Phi) is 11.4. The molecule has 52 heavy (non-hydrogen) atoms. The van der Waals surface area contributed by atoms with Crippen LogP contribution >= 0.6 is 0 Å². The molecule has 0 aliphatic carbocycles. The predicted molar refractivity (Wildman–Crippen MR) is 194 cm³/mol. The van der Waals surface area contributed by atoms with Crippen molar-refractivity contribution in [2.45, 2.75) is 76.4 Å². The van der Waals surface area contributed by atoms with Crippen LogP contribution in [-0.2, 0) is 43.6 Å². The second kappa shape index (κ2) is 16.6. The van der Waals surface area contributed by atoms with E-state index in [0.29, 0.717) is 0 Å². The third-order valence-corrected chi connectivity index (χ3v) is 10.1. The van der Waals surface area contributed by atoms with Gasteiger partial charge in [-0.05, 0) is 59.3 Å². The van der Waals surface area contributed by atoms with Gasteiger partial charge < -0.3 is 29.5 Å². The second-order valence-corrected chi connectivity index (χ2v) is 13.8. The fourth-order valence-corrected chi connectivity index (χ4v) is 7.26. The fraction of sp³-hybridized carbons (Fsp3) is 0.357. The molecule has 270 valence electrons. The van der Waals surface area contributed by atoms with E-state index in [1.807, 2.05) is 103 Å². The molecule has 2 N–H and O–H groups in total. The molecule has 10 heteroatoms. The van der Waals surface area contributed by atoms with Gasteiger partial charge in [-0.1, -0.05) is 110 Å². The maximum Gasteiger partial charge on any atom is 0.408 e. The van der Waals surface area contributed by atoms with Crippen molar-refractivity contribution < 1.29 is 33.7 Å². The number of benzene rings is 4. The highest BCUT2D eigenvalue weighted by molar-refractivity contribution is 6.06. The Bertz CT molecular complexity index is 1830. The van der Waals surface area contributed by atoms with Gasteiger partial charge in [0.2, 0.25) is 5.91 Å². The van der Waals surface area contributed by atoms with Gasteiger partial charge in [0.05, 0.1) is 31.8 Å². The minimum atomic E-state index is -0.979. The molecule has 3 amide bonds. The molecule has 3 saturated heterocycles. The van der Waals surface area contributed by atoms with Crippen LogP contribution < -0.4 is 5.32 Å². The van der Waals surface area contributed by atoms with E-state index in [-0.39, 0.29) is 44.3 Å². The molecule has 3 heterocycles. The Morgan fingerprint density at radius 3 is 2.27 bits per heavy atom. The molecule has 4 atom stereocenters. The minimum absolute atomic E-state index is 0.000611. The van der Waals surface area contributed by atoms with Gasteiger partial charge in [-0.2, -0.15) is 0 Å². The normalized spacial score (nSPS) is 22.4. The molecule has 3 fully saturated rings. The number of alkyl carbamates (subject to hydrolysis) is 1. The fourth-order valence-electron chi connectivity index (χ4n) is 7.26. The quantitative estimate of drug-likeness (QED) is 0.172. The highest BCUT2D eigenvalue weighted by Crippen LogP contribution is 2.39. The van der Waals surface area contributed by atoms with E-state index < -0.39 is 24.3 Å². The Morgan fingerprint density at radius 2 is 1.52 bits per heavy atom. The number of likely N-dealkylation sites (tertiary alicyclic amines) is 2. The van der Waals surface area contributed by atoms with Crippen molar-refractivity contribution in [1.29, 1.82) is 0 Å². The summed E-state index contributed by atoms with van der Waals surface area (Å²) in [5, 5.41) is 12.1. The van der Waals surface area contributed by atoms with Crippen LogP contribution in [0.5, 0.6) is 0 Å². The Balaban J connectivity index is 1.03. The number of nitrogens with zero attached hydrogens (tertiary/aromatic N) is 2. The minimum Gasteiger partial charge on any atom is -0.445 e. The Morgan fingerprint density at radius 1 is 0.808 bits per heavy atom. The van der Waals surface area contributed by atoms with Gasteiger partial charge >= 0.3 is 6.09 Å². The average Bonchev–Trinajstić information content (AvgIpc) is 3.45. The summed E-state index contributed by atoms with van der Waals surface area (Å²) in [4.78, 5) is 42.5. The van der Waals surface area contributed by atoms with Crippen LogP contribution in [0.3, 0.4) is 0 Å². The zero-order chi connectivity index (χ0) is 35.9. The van der Waals surface area contributed by atoms with Crippen LogP contribution in [0.4, 0.5) is 4.79 Å². The molecular weight excluding hydrogens is 658 g/mol. The number of carbonyl (C=O) groups excluding carboxylic acids is 3. The standard InChI is InChI=1S/C42H45N3O7/c46-27-29-13-15-32(16-14-29)38-23-35(26-44-21-7-2-8-22-44)51-41(52-38)33-19-17-31(18-20-33)36-12-6-5-11-34(36)25-45-39(47)24-37(40(45)48)43-42(49)50-28-30-9-3-1-4-10-30/h1,3-6,9-20,35,37-38,41,46H,2,7-8,21-28H2,(H,43,49). The summed E-state index contributed by atoms with van der Waals surface area (Å²) < 4.78 is 18.5. The molecule has 0 saturated carbocycles. The molecule has 3 aliphatic rings. The molecule has 0 aromatic heterocycles. The molecule has 4 unspecified atom stereocenters. The van der Waals surface area contributed by atoms with Crippen molar-refractivity contribution in [3.05, 3.63) is 131 Å². The number of piperidine rings is 1. The first-order chi connectivity index (χ1) is 25.4. The van der Waals surface area contributed by atoms with Gasteiger partial charge in [-0.3, -0.25) is 14.5 Å². The molecule has 0 radical (unpaired) electrons. The summed E-state index contributed by atoms with van der Waals surface area (Å²) in [7, 11) is 0. The monoisotopic (exact) mass is 703 g/mol. The number of aliphatic hydroxyl groups is 1. The number of amides is 3. The number of nitrogens with one attached hydrogen (secondary N) is 1. The Labute approximate surface area is 304 Å². The lowest BCUT2D eigenvalue weighted by Crippen LogP contribution is -2.41. The summed E-state index contributed by atoms with van der Waals surface area (Å²) in [6.45, 7) is 3.17. The van der Waals surface area contributed by atoms with Gasteiger partial charge in [0.25, 0.3) is 5.91 Å². The lowest BCUT2D eigenvalue weighted by molar-refractivity contribution is -0.253. The molecule has 0 bridgehead atoms. The van der Waals surface area contributed by atoms with E-state index in [1.54, 1.807) is 0 Å². The first kappa shape index (κ1) is 35.5. The van der Waals surface area contributed by atoms with E-state index in [1.165, 1.54) is 24.2 Å². The second-order valence-electron chi connectivity index (χ2n) is 13.8. The van der Waals surface area contributed by atoms with Crippen LogP contribution in [0.2, 0.25) is 0 Å². The average molecular weight is 704 g/mol. The number of hydrogen-bond acceptors (Lipinski definition) is 8. The zero-order valence-corrected chi connectivity index (χ0v) is 29.2. The third kappa shape index (κ3) is 8.59. The van der Waals surface area contributed by atoms with Crippen molar-refractivity contribution in [3.8, 4) is 11.1 Å². The van der Waals surface area contributed by atoms with E-state index in [9.17, 15) is 19.5 Å². The van der Waals surface area contributed by atoms with Crippen LogP contribution in [0.25, 0.3) is 11.1 Å². The first-order valence-corrected chi connectivity index (χ1v) is 18.2. The summed E-state index contributed by atoms with van der Waals surface area (Å²) in [5.41, 5.74) is 6.28. The maximum atomic E-state index is 13.3. The van der Waals surface area contributed by atoms with E-state index >= 15 is 0 Å². The largest absolute Gasteiger partial charge is 0.445 e. The van der Waals surface area contributed by atoms with Crippen molar-refractivity contribution in [3.63, 3.8) is 0 Å². The summed E-state index contributed by atoms with van der Waals surface area (Å²) in [5.74, 6) is -0.812. The lowest BCUT2D eigenvalue weighted by Gasteiger charge is -2.39. The van der Waals surface area contributed by atoms with Crippen LogP contribution in [-0.4, -0.2) is 64.6 Å². The molecule has 3 aliphatic heterocycles. The van der Waals surface area contributed by atoms with Gasteiger partial charge in [-0.15, -0.1) is 0 Å². The smallest absolute Gasteiger partial charge is 0.408 e. The zero-order valence-electron chi connectivity index (χ0n) is 29.2. The number of imide groups is 1. The van der Waals surface area contributed by atoms with E-state index in [4.69, 9.17) is 14.2 Å². The highest BCUT2D eigenvalue weighted by atomic mass is 16.7. The summed E-state index contributed by atoms with van der Waals surface area (Å²) in [6.07, 6.45) is 2.87. The predicted octanol–water partition coefficient (Wildman–Crippen LogP) is 6.43. The van der Waals surface area contributed by atoms with Crippen molar-refractivity contribution in [2.75, 3.05) is 19.6 Å². The molecule has 0 spiro atoms. The number of hydrogen-bond donors (Lipinski definition) is 2. The van der Waals surface area contributed by atoms with E-state index in [0.717, 1.165) is 65.0 Å². The number of carbonyl (C=O) groups is 3. The molecule has 4 aromatic rings. The van der Waals surface area contributed by atoms with Gasteiger partial charge in [0.15, 0.2) is 6.29 Å². The van der Waals surface area contributed by atoms with Gasteiger partial charge in [0.1, 0.15) is 12.6 Å². The highest BCUT2D eigenvalue weighted by Gasteiger charge is 2.40. The number of ether oxygens (including phenoxy) is 3. The van der Waals surface area contributed by atoms with Gasteiger partial charge in [0, 0.05) is 18.5 Å². The summed E-state index contributed by atoms with van der Waals surface area (Å²) in [6, 6.07) is 32.0. The van der Waals surface area contributed by atoms with Gasteiger partial charge in [-0.25, -0.2) is 4.79 Å². The van der Waals surface area contributed by atoms with E-state index in [2.05, 4.69) is 10.2 Å². The molecule has 7 rings (SSSR count). The van der Waals surface area contributed by atoms with Crippen LogP contribution in [0.1, 0.15) is 72.3 Å². The maximum absolute atomic E-state index is 13.3. The summed E-state index contributed by atoms with van der Waals surface area (Å²) >= 11 is 0. The molecular formula is C42H45N3O7. The number of aliphatic hydroxyl groups excluding tert-OH is 1.